The Morgan fingerprint density at radius 2 is 1.20 bits per heavy atom. The van der Waals surface area contributed by atoms with Crippen molar-refractivity contribution in [2.75, 3.05) is 41.2 Å². The molecule has 6 N–H and O–H groups in total. The summed E-state index contributed by atoms with van der Waals surface area (Å²) in [6.45, 7) is 12.1. The molecule has 22 nitrogen and oxygen atoms in total. The standard InChI is InChI=1S/C70H93NO21/c1-9-35-83-65(78)61-56(73)42-70(82-8)41-54-39-58(91-67(90-54)48-27-31-50(81-7)32-28-48)55(72)34-33-52-37-53(89-66(87-52)47-25-29-49(80-6)30-26-47)40-60(75)86-46(5)45(4)63(76)44(3)23-21-19-17-15-13-11-12-14-16-18-20-22-24-51(38-59(61)92-70)88-68-64(77)62(57(74)43-85-68)71-69(79)84-36-10-2/h9-32,44-46,51-59,61-64,66-68,72-74,76-77H,1-2,33-43H2,3-8H3,(H,71,79)/b12-11+,15-13+,16-14+,19-17+,20-18+,23-21+,24-22+/t44-,45-,46-,51?,52?,53?,54?,55?,56-,57+,58?,59-,61+,62-,63+,64-,66?,67?,68?,70?/m0/s1. The van der Waals surface area contributed by atoms with Crippen LogP contribution in [-0.2, 0) is 61.7 Å². The Morgan fingerprint density at radius 3 is 1.79 bits per heavy atom. The Labute approximate surface area is 539 Å². The lowest BCUT2D eigenvalue weighted by molar-refractivity contribution is -0.332. The van der Waals surface area contributed by atoms with Gasteiger partial charge in [-0.15, -0.1) is 0 Å². The third kappa shape index (κ3) is 21.5. The molecule has 504 valence electrons. The van der Waals surface area contributed by atoms with Crippen LogP contribution in [0, 0.1) is 17.8 Å². The molecule has 1 amide bonds. The number of aliphatic hydroxyl groups is 5. The van der Waals surface area contributed by atoms with E-state index in [-0.39, 0.29) is 70.7 Å². The number of amides is 1. The normalized spacial score (nSPS) is 37.2. The number of methoxy groups -OCH3 is 3. The van der Waals surface area contributed by atoms with E-state index in [4.69, 9.17) is 61.6 Å². The van der Waals surface area contributed by atoms with Crippen molar-refractivity contribution in [3.63, 3.8) is 0 Å². The highest BCUT2D eigenvalue weighted by atomic mass is 16.7. The number of aliphatic hydroxyl groups excluding tert-OH is 5. The van der Waals surface area contributed by atoms with E-state index in [2.05, 4.69) is 18.5 Å². The molecule has 0 spiro atoms. The van der Waals surface area contributed by atoms with E-state index in [1.54, 1.807) is 87.9 Å². The minimum atomic E-state index is -1.67. The zero-order valence-electron chi connectivity index (χ0n) is 53.3. The second-order valence-corrected chi connectivity index (χ2v) is 23.5. The Bertz CT molecular complexity index is 2850. The van der Waals surface area contributed by atoms with Gasteiger partial charge in [-0.3, -0.25) is 9.59 Å². The second-order valence-electron chi connectivity index (χ2n) is 23.5. The number of allylic oxidation sites excluding steroid dienone is 12. The first-order chi connectivity index (χ1) is 44.4. The topological polar surface area (TPSA) is 284 Å². The van der Waals surface area contributed by atoms with Crippen molar-refractivity contribution in [3.05, 3.63) is 170 Å². The predicted molar refractivity (Wildman–Crippen MR) is 338 cm³/mol. The summed E-state index contributed by atoms with van der Waals surface area (Å²) < 4.78 is 79.4. The Kier molecular flexibility index (Phi) is 29.1. The van der Waals surface area contributed by atoms with Crippen molar-refractivity contribution in [1.82, 2.24) is 5.32 Å². The number of benzene rings is 2. The van der Waals surface area contributed by atoms with Crippen LogP contribution in [0.15, 0.2) is 159 Å². The molecule has 2 aromatic rings. The number of carbonyl (C=O) groups is 3. The van der Waals surface area contributed by atoms with Crippen LogP contribution in [0.2, 0.25) is 0 Å². The molecule has 6 bridgehead atoms. The predicted octanol–water partition coefficient (Wildman–Crippen LogP) is 8.11. The summed E-state index contributed by atoms with van der Waals surface area (Å²) >= 11 is 0. The molecule has 0 aliphatic carbocycles. The molecule has 5 heterocycles. The average Bonchev–Trinajstić information content (AvgIpc) is 0.805. The Hall–Kier alpha value is -6.61. The van der Waals surface area contributed by atoms with Crippen LogP contribution < -0.4 is 14.8 Å². The van der Waals surface area contributed by atoms with Crippen molar-refractivity contribution in [3.8, 4) is 11.5 Å². The molecular formula is C70H93NO21. The van der Waals surface area contributed by atoms with Crippen molar-refractivity contribution >= 4 is 18.0 Å². The Balaban J connectivity index is 1.22. The molecule has 22 heteroatoms. The van der Waals surface area contributed by atoms with Crippen LogP contribution in [0.1, 0.15) is 95.8 Å². The number of rotatable bonds is 13. The van der Waals surface area contributed by atoms with E-state index in [1.807, 2.05) is 80.7 Å². The largest absolute Gasteiger partial charge is 0.497 e. The summed E-state index contributed by atoms with van der Waals surface area (Å²) in [5.74, 6) is -3.77. The first kappa shape index (κ1) is 72.8. The molecule has 5 aliphatic heterocycles. The van der Waals surface area contributed by atoms with E-state index in [1.165, 1.54) is 19.3 Å². The smallest absolute Gasteiger partial charge is 0.407 e. The lowest BCUT2D eigenvalue weighted by Crippen LogP contribution is -2.61. The summed E-state index contributed by atoms with van der Waals surface area (Å²) in [4.78, 5) is 40.6. The van der Waals surface area contributed by atoms with Crippen LogP contribution in [0.5, 0.6) is 11.5 Å². The number of carbonyl (C=O) groups excluding carboxylic acids is 3. The summed E-state index contributed by atoms with van der Waals surface area (Å²) in [5.41, 5.74) is 1.29. The molecular weight excluding hydrogens is 1190 g/mol. The zero-order valence-corrected chi connectivity index (χ0v) is 53.3. The van der Waals surface area contributed by atoms with Crippen LogP contribution in [-0.4, -0.2) is 176 Å². The van der Waals surface area contributed by atoms with Gasteiger partial charge < -0.3 is 92.4 Å². The van der Waals surface area contributed by atoms with Gasteiger partial charge >= 0.3 is 18.0 Å². The fraction of sp³-hybridized carbons (Fsp3) is 0.529. The second kappa shape index (κ2) is 36.7. The highest BCUT2D eigenvalue weighted by Crippen LogP contribution is 2.44. The third-order valence-electron chi connectivity index (χ3n) is 16.9. The van der Waals surface area contributed by atoms with Gasteiger partial charge in [-0.25, -0.2) is 4.79 Å². The number of fused-ring (bicyclic) bond motifs is 6. The maximum Gasteiger partial charge on any atom is 0.407 e. The van der Waals surface area contributed by atoms with Crippen molar-refractivity contribution in [2.24, 2.45) is 17.8 Å². The van der Waals surface area contributed by atoms with Crippen molar-refractivity contribution < 1.29 is 101 Å². The number of hydrogen-bond acceptors (Lipinski definition) is 21. The maximum absolute atomic E-state index is 14.1. The summed E-state index contributed by atoms with van der Waals surface area (Å²) in [6.07, 6.45) is 11.7. The highest BCUT2D eigenvalue weighted by molar-refractivity contribution is 5.74. The van der Waals surface area contributed by atoms with Gasteiger partial charge in [-0.1, -0.05) is 148 Å². The number of nitrogens with one attached hydrogen (secondary N) is 1. The van der Waals surface area contributed by atoms with E-state index < -0.39 is 134 Å². The average molecular weight is 1280 g/mol. The van der Waals surface area contributed by atoms with Gasteiger partial charge in [0.05, 0.1) is 88.2 Å². The molecule has 10 unspecified atom stereocenters. The molecule has 2 aromatic carbocycles. The van der Waals surface area contributed by atoms with Gasteiger partial charge in [0.15, 0.2) is 24.7 Å². The number of cyclic esters (lactones) is 1. The first-order valence-electron chi connectivity index (χ1n) is 31.4. The van der Waals surface area contributed by atoms with E-state index >= 15 is 0 Å². The molecule has 4 saturated heterocycles. The quantitative estimate of drug-likeness (QED) is 0.0627. The monoisotopic (exact) mass is 1280 g/mol. The first-order valence-corrected chi connectivity index (χ1v) is 31.4. The van der Waals surface area contributed by atoms with Crippen molar-refractivity contribution in [1.29, 1.82) is 0 Å². The molecule has 7 rings (SSSR count). The van der Waals surface area contributed by atoms with E-state index in [0.717, 1.165) is 0 Å². The summed E-state index contributed by atoms with van der Waals surface area (Å²) in [6, 6.07) is 13.0. The van der Waals surface area contributed by atoms with Gasteiger partial charge in [0.1, 0.15) is 48.9 Å². The van der Waals surface area contributed by atoms with Gasteiger partial charge in [-0.05, 0) is 44.0 Å². The molecule has 5 aliphatic rings. The minimum absolute atomic E-state index is 0.0590. The fourth-order valence-corrected chi connectivity index (χ4v) is 11.6. The summed E-state index contributed by atoms with van der Waals surface area (Å²) in [5, 5.41) is 60.9. The van der Waals surface area contributed by atoms with Crippen LogP contribution in [0.3, 0.4) is 0 Å². The van der Waals surface area contributed by atoms with Crippen molar-refractivity contribution in [2.45, 2.75) is 176 Å². The van der Waals surface area contributed by atoms with E-state index in [9.17, 15) is 39.9 Å². The van der Waals surface area contributed by atoms with Crippen LogP contribution in [0.4, 0.5) is 4.79 Å². The lowest BCUT2D eigenvalue weighted by Gasteiger charge is -2.48. The maximum atomic E-state index is 14.1. The number of ether oxygens (including phenoxy) is 13. The molecule has 20 atom stereocenters. The highest BCUT2D eigenvalue weighted by Gasteiger charge is 2.53. The zero-order chi connectivity index (χ0) is 66.2. The third-order valence-corrected chi connectivity index (χ3v) is 16.9. The SMILES string of the molecule is C=CCOC(=O)N[C@H]1[C@H](O)COC(OC2/C=C/C=C/C=C/C=C/C=C/C=C/C=C/[C@H](C)[C@@H](O)[C@@H](C)[C@H](C)OC(=O)CC3CC(CCC(O)C4CC(CC5(OC)C[C@H](O)[C@@H](C(=O)OCC=C)[C@H](C2)O5)OC(c2ccc(OC)cc2)O4)OC(c2ccc(OC)cc2)O3)[C@H]1O. The van der Waals surface area contributed by atoms with Crippen LogP contribution >= 0.6 is 0 Å². The molecule has 0 saturated carbocycles. The molecule has 0 aromatic heterocycles. The van der Waals surface area contributed by atoms with Gasteiger partial charge in [0, 0.05) is 62.2 Å². The number of hydrogen-bond donors (Lipinski definition) is 6. The van der Waals surface area contributed by atoms with Gasteiger partial charge in [0.2, 0.25) is 0 Å². The number of esters is 2. The number of alkyl carbamates (subject to hydrolysis) is 1. The van der Waals surface area contributed by atoms with Crippen LogP contribution in [0.25, 0.3) is 0 Å². The lowest BCUT2D eigenvalue weighted by atomic mass is 9.82. The fourth-order valence-electron chi connectivity index (χ4n) is 11.6. The minimum Gasteiger partial charge on any atom is -0.497 e. The molecule has 92 heavy (non-hydrogen) atoms. The molecule has 4 fully saturated rings. The van der Waals surface area contributed by atoms with E-state index in [0.29, 0.717) is 29.0 Å². The van der Waals surface area contributed by atoms with Gasteiger partial charge in [0.25, 0.3) is 0 Å². The summed E-state index contributed by atoms with van der Waals surface area (Å²) in [7, 11) is 4.53. The molecule has 0 radical (unpaired) electrons. The van der Waals surface area contributed by atoms with Gasteiger partial charge in [-0.2, -0.15) is 0 Å². The Morgan fingerprint density at radius 1 is 0.630 bits per heavy atom.